The molecule has 1 aromatic heterocycles. The highest BCUT2D eigenvalue weighted by molar-refractivity contribution is 6.35. The van der Waals surface area contributed by atoms with Crippen LogP contribution in [0.25, 0.3) is 0 Å². The summed E-state index contributed by atoms with van der Waals surface area (Å²) in [4.78, 5) is 0. The average molecular weight is 270 g/mol. The molecule has 0 aliphatic heterocycles. The molecule has 0 aliphatic rings. The highest BCUT2D eigenvalue weighted by Crippen LogP contribution is 2.21. The Hall–Kier alpha value is -1.03. The van der Waals surface area contributed by atoms with Gasteiger partial charge in [-0.3, -0.25) is 5.10 Å². The van der Waals surface area contributed by atoms with E-state index in [0.717, 1.165) is 11.1 Å². The fraction of sp³-hybridized carbons (Fsp3) is 0.250. The lowest BCUT2D eigenvalue weighted by Gasteiger charge is -2.12. The minimum atomic E-state index is 0.223. The molecule has 0 amide bonds. The normalized spacial score (nSPS) is 12.6. The Kier molecular flexibility index (Phi) is 4.05. The number of halogens is 2. The fourth-order valence-corrected chi connectivity index (χ4v) is 2.02. The van der Waals surface area contributed by atoms with Crippen LogP contribution in [0.5, 0.6) is 0 Å². The minimum absolute atomic E-state index is 0.223. The number of hydrogen-bond donors (Lipinski definition) is 2. The molecule has 1 atom stereocenters. The standard InChI is InChI=1S/C12H13Cl2N3/c1-8(10-6-16-17-7-10)15-5-9-2-3-11(13)4-12(9)14/h2-4,6-8,15H,5H2,1H3,(H,16,17). The van der Waals surface area contributed by atoms with Crippen molar-refractivity contribution in [2.45, 2.75) is 19.5 Å². The Morgan fingerprint density at radius 1 is 1.41 bits per heavy atom. The van der Waals surface area contributed by atoms with Crippen LogP contribution < -0.4 is 5.32 Å². The van der Waals surface area contributed by atoms with Crippen LogP contribution in [-0.4, -0.2) is 10.2 Å². The molecule has 90 valence electrons. The van der Waals surface area contributed by atoms with Gasteiger partial charge in [0.1, 0.15) is 0 Å². The van der Waals surface area contributed by atoms with E-state index in [1.807, 2.05) is 18.3 Å². The van der Waals surface area contributed by atoms with Gasteiger partial charge in [-0.2, -0.15) is 5.10 Å². The number of aromatic nitrogens is 2. The van der Waals surface area contributed by atoms with Crippen LogP contribution in [0.15, 0.2) is 30.6 Å². The van der Waals surface area contributed by atoms with Crippen molar-refractivity contribution in [1.82, 2.24) is 15.5 Å². The van der Waals surface area contributed by atoms with Crippen LogP contribution in [0.1, 0.15) is 24.1 Å². The van der Waals surface area contributed by atoms with E-state index < -0.39 is 0 Å². The summed E-state index contributed by atoms with van der Waals surface area (Å²) in [5.41, 5.74) is 2.15. The second-order valence-electron chi connectivity index (χ2n) is 3.87. The van der Waals surface area contributed by atoms with Crippen molar-refractivity contribution in [3.63, 3.8) is 0 Å². The number of nitrogens with zero attached hydrogens (tertiary/aromatic N) is 1. The van der Waals surface area contributed by atoms with Gasteiger partial charge in [0, 0.05) is 34.4 Å². The van der Waals surface area contributed by atoms with Crippen molar-refractivity contribution >= 4 is 23.2 Å². The molecule has 0 radical (unpaired) electrons. The molecule has 2 aromatic rings. The number of nitrogens with one attached hydrogen (secondary N) is 2. The molecule has 0 saturated carbocycles. The lowest BCUT2D eigenvalue weighted by atomic mass is 10.1. The lowest BCUT2D eigenvalue weighted by Crippen LogP contribution is -2.17. The zero-order valence-electron chi connectivity index (χ0n) is 9.37. The Morgan fingerprint density at radius 2 is 2.24 bits per heavy atom. The van der Waals surface area contributed by atoms with Crippen molar-refractivity contribution in [3.05, 3.63) is 51.8 Å². The Balaban J connectivity index is 1.98. The van der Waals surface area contributed by atoms with Gasteiger partial charge in [0.2, 0.25) is 0 Å². The van der Waals surface area contributed by atoms with E-state index in [0.29, 0.717) is 16.6 Å². The molecule has 0 saturated heterocycles. The van der Waals surface area contributed by atoms with E-state index >= 15 is 0 Å². The number of hydrogen-bond acceptors (Lipinski definition) is 2. The molecule has 17 heavy (non-hydrogen) atoms. The summed E-state index contributed by atoms with van der Waals surface area (Å²) in [5.74, 6) is 0. The number of benzene rings is 1. The maximum absolute atomic E-state index is 6.09. The molecular formula is C12H13Cl2N3. The molecule has 1 unspecified atom stereocenters. The lowest BCUT2D eigenvalue weighted by molar-refractivity contribution is 0.575. The first-order valence-electron chi connectivity index (χ1n) is 5.33. The van der Waals surface area contributed by atoms with Gasteiger partial charge >= 0.3 is 0 Å². The SMILES string of the molecule is CC(NCc1ccc(Cl)cc1Cl)c1cn[nH]c1. The van der Waals surface area contributed by atoms with Crippen LogP contribution >= 0.6 is 23.2 Å². The average Bonchev–Trinajstić information content (AvgIpc) is 2.81. The molecule has 0 bridgehead atoms. The summed E-state index contributed by atoms with van der Waals surface area (Å²) in [6, 6.07) is 5.75. The quantitative estimate of drug-likeness (QED) is 0.891. The third kappa shape index (κ3) is 3.22. The maximum Gasteiger partial charge on any atom is 0.0534 e. The van der Waals surface area contributed by atoms with Crippen LogP contribution in [-0.2, 0) is 6.54 Å². The largest absolute Gasteiger partial charge is 0.306 e. The molecule has 0 fully saturated rings. The first-order chi connectivity index (χ1) is 8.16. The summed E-state index contributed by atoms with van der Waals surface area (Å²) in [6.45, 7) is 2.77. The Labute approximate surface area is 110 Å². The summed E-state index contributed by atoms with van der Waals surface area (Å²) >= 11 is 11.9. The first kappa shape index (κ1) is 12.4. The van der Waals surface area contributed by atoms with Gasteiger partial charge < -0.3 is 5.32 Å². The van der Waals surface area contributed by atoms with Crippen molar-refractivity contribution in [2.75, 3.05) is 0 Å². The highest BCUT2D eigenvalue weighted by Gasteiger charge is 2.07. The monoisotopic (exact) mass is 269 g/mol. The van der Waals surface area contributed by atoms with E-state index in [4.69, 9.17) is 23.2 Å². The second-order valence-corrected chi connectivity index (χ2v) is 4.71. The fourth-order valence-electron chi connectivity index (χ4n) is 1.54. The van der Waals surface area contributed by atoms with Gasteiger partial charge in [0.15, 0.2) is 0 Å². The van der Waals surface area contributed by atoms with E-state index in [1.54, 1.807) is 12.3 Å². The zero-order chi connectivity index (χ0) is 12.3. The second kappa shape index (κ2) is 5.54. The van der Waals surface area contributed by atoms with Crippen LogP contribution in [0, 0.1) is 0 Å². The van der Waals surface area contributed by atoms with E-state index in [2.05, 4.69) is 22.4 Å². The van der Waals surface area contributed by atoms with E-state index in [-0.39, 0.29) is 6.04 Å². The van der Waals surface area contributed by atoms with Gasteiger partial charge in [-0.1, -0.05) is 29.3 Å². The highest BCUT2D eigenvalue weighted by atomic mass is 35.5. The first-order valence-corrected chi connectivity index (χ1v) is 6.08. The Bertz CT molecular complexity index is 483. The zero-order valence-corrected chi connectivity index (χ0v) is 10.9. The smallest absolute Gasteiger partial charge is 0.0534 e. The molecule has 3 nitrogen and oxygen atoms in total. The summed E-state index contributed by atoms with van der Waals surface area (Å²) in [5, 5.41) is 11.4. The predicted molar refractivity (Wildman–Crippen MR) is 70.3 cm³/mol. The number of aromatic amines is 1. The van der Waals surface area contributed by atoms with Crippen molar-refractivity contribution in [1.29, 1.82) is 0 Å². The van der Waals surface area contributed by atoms with Crippen molar-refractivity contribution in [2.24, 2.45) is 0 Å². The van der Waals surface area contributed by atoms with Gasteiger partial charge in [-0.15, -0.1) is 0 Å². The molecular weight excluding hydrogens is 257 g/mol. The molecule has 1 heterocycles. The molecule has 2 N–H and O–H groups in total. The predicted octanol–water partition coefficient (Wildman–Crippen LogP) is 3.57. The summed E-state index contributed by atoms with van der Waals surface area (Å²) in [7, 11) is 0. The maximum atomic E-state index is 6.09. The van der Waals surface area contributed by atoms with Crippen LogP contribution in [0.2, 0.25) is 10.0 Å². The molecule has 0 spiro atoms. The van der Waals surface area contributed by atoms with E-state index in [9.17, 15) is 0 Å². The van der Waals surface area contributed by atoms with Gasteiger partial charge in [0.05, 0.1) is 6.20 Å². The van der Waals surface area contributed by atoms with Gasteiger partial charge in [-0.05, 0) is 24.6 Å². The molecule has 0 aliphatic carbocycles. The summed E-state index contributed by atoms with van der Waals surface area (Å²) < 4.78 is 0. The number of H-pyrrole nitrogens is 1. The number of rotatable bonds is 4. The molecule has 5 heteroatoms. The Morgan fingerprint density at radius 3 is 2.88 bits per heavy atom. The third-order valence-corrected chi connectivity index (χ3v) is 3.22. The van der Waals surface area contributed by atoms with Gasteiger partial charge in [0.25, 0.3) is 0 Å². The van der Waals surface area contributed by atoms with E-state index in [1.165, 1.54) is 0 Å². The molecule has 2 rings (SSSR count). The van der Waals surface area contributed by atoms with Crippen molar-refractivity contribution < 1.29 is 0 Å². The van der Waals surface area contributed by atoms with Crippen LogP contribution in [0.4, 0.5) is 0 Å². The van der Waals surface area contributed by atoms with Crippen LogP contribution in [0.3, 0.4) is 0 Å². The topological polar surface area (TPSA) is 40.7 Å². The van der Waals surface area contributed by atoms with Gasteiger partial charge in [-0.25, -0.2) is 0 Å². The summed E-state index contributed by atoms with van der Waals surface area (Å²) in [6.07, 6.45) is 3.68. The van der Waals surface area contributed by atoms with Crippen molar-refractivity contribution in [3.8, 4) is 0 Å². The minimum Gasteiger partial charge on any atom is -0.306 e. The molecule has 1 aromatic carbocycles. The third-order valence-electron chi connectivity index (χ3n) is 2.63.